The van der Waals surface area contributed by atoms with Crippen molar-refractivity contribution in [3.63, 3.8) is 0 Å². The number of nitro groups is 1. The summed E-state index contributed by atoms with van der Waals surface area (Å²) < 4.78 is 0. The van der Waals surface area contributed by atoms with Crippen LogP contribution in [-0.2, 0) is 11.3 Å². The van der Waals surface area contributed by atoms with Gasteiger partial charge in [0.2, 0.25) is 5.91 Å². The van der Waals surface area contributed by atoms with Gasteiger partial charge in [-0.2, -0.15) is 0 Å². The molecule has 0 bridgehead atoms. The van der Waals surface area contributed by atoms with Crippen molar-refractivity contribution < 1.29 is 9.72 Å². The second-order valence-corrected chi connectivity index (χ2v) is 4.78. The molecule has 0 unspecified atom stereocenters. The van der Waals surface area contributed by atoms with E-state index in [-0.39, 0.29) is 18.1 Å². The molecule has 0 fully saturated rings. The van der Waals surface area contributed by atoms with E-state index >= 15 is 0 Å². The highest BCUT2D eigenvalue weighted by molar-refractivity contribution is 6.31. The first-order chi connectivity index (χ1) is 10.6. The zero-order valence-electron chi connectivity index (χ0n) is 11.4. The lowest BCUT2D eigenvalue weighted by Gasteiger charge is -2.05. The number of hydrogen-bond acceptors (Lipinski definition) is 4. The van der Waals surface area contributed by atoms with E-state index in [1.165, 1.54) is 24.3 Å². The Morgan fingerprint density at radius 3 is 2.91 bits per heavy atom. The van der Waals surface area contributed by atoms with Gasteiger partial charge in [-0.15, -0.1) is 0 Å². The normalized spacial score (nSPS) is 10.6. The summed E-state index contributed by atoms with van der Waals surface area (Å²) in [7, 11) is 0. The molecule has 6 nitrogen and oxygen atoms in total. The predicted octanol–water partition coefficient (Wildman–Crippen LogP) is 2.97. The minimum absolute atomic E-state index is 0.0699. The van der Waals surface area contributed by atoms with E-state index in [2.05, 4.69) is 10.3 Å². The van der Waals surface area contributed by atoms with Crippen LogP contribution < -0.4 is 5.32 Å². The van der Waals surface area contributed by atoms with Gasteiger partial charge in [-0.05, 0) is 29.3 Å². The number of carbonyl (C=O) groups excluding carboxylic acids is 1. The highest BCUT2D eigenvalue weighted by atomic mass is 35.5. The van der Waals surface area contributed by atoms with Crippen LogP contribution in [0.2, 0.25) is 5.02 Å². The molecule has 0 radical (unpaired) electrons. The van der Waals surface area contributed by atoms with Crippen molar-refractivity contribution in [2.24, 2.45) is 0 Å². The van der Waals surface area contributed by atoms with Gasteiger partial charge < -0.3 is 5.32 Å². The number of benzene rings is 1. The molecule has 0 saturated heterocycles. The van der Waals surface area contributed by atoms with Gasteiger partial charge in [-0.3, -0.25) is 19.9 Å². The standard InChI is InChI=1S/C15H12ClN3O3/c16-14-5-4-13(19(21)22)8-12(14)10-18-15(20)6-3-11-2-1-7-17-9-11/h1-9H,10H2,(H,18,20)/b6-3+. The Labute approximate surface area is 131 Å². The zero-order chi connectivity index (χ0) is 15.9. The van der Waals surface area contributed by atoms with Crippen molar-refractivity contribution >= 4 is 29.3 Å². The van der Waals surface area contributed by atoms with E-state index in [9.17, 15) is 14.9 Å². The summed E-state index contributed by atoms with van der Waals surface area (Å²) in [4.78, 5) is 25.9. The molecule has 0 aliphatic heterocycles. The second-order valence-electron chi connectivity index (χ2n) is 4.37. The molecule has 2 rings (SSSR count). The number of rotatable bonds is 5. The first-order valence-electron chi connectivity index (χ1n) is 6.35. The molecule has 0 spiro atoms. The van der Waals surface area contributed by atoms with Gasteiger partial charge in [0, 0.05) is 42.2 Å². The van der Waals surface area contributed by atoms with Gasteiger partial charge >= 0.3 is 0 Å². The third-order valence-corrected chi connectivity index (χ3v) is 3.17. The van der Waals surface area contributed by atoms with Crippen LogP contribution in [-0.4, -0.2) is 15.8 Å². The summed E-state index contributed by atoms with van der Waals surface area (Å²) in [5, 5.41) is 13.7. The smallest absolute Gasteiger partial charge is 0.269 e. The van der Waals surface area contributed by atoms with Gasteiger partial charge in [-0.1, -0.05) is 17.7 Å². The molecule has 1 amide bonds. The van der Waals surface area contributed by atoms with Gasteiger partial charge in [-0.25, -0.2) is 0 Å². The Hall–Kier alpha value is -2.73. The summed E-state index contributed by atoms with van der Waals surface area (Å²) in [5.41, 5.74) is 1.21. The SMILES string of the molecule is O=C(/C=C/c1cccnc1)NCc1cc([N+](=O)[O-])ccc1Cl. The minimum atomic E-state index is -0.510. The minimum Gasteiger partial charge on any atom is -0.348 e. The molecule has 1 aromatic heterocycles. The topological polar surface area (TPSA) is 85.1 Å². The Morgan fingerprint density at radius 1 is 1.41 bits per heavy atom. The average molecular weight is 318 g/mol. The fourth-order valence-corrected chi connectivity index (χ4v) is 1.88. The molecule has 2 aromatic rings. The first-order valence-corrected chi connectivity index (χ1v) is 6.73. The number of amides is 1. The number of non-ortho nitro benzene ring substituents is 1. The van der Waals surface area contributed by atoms with E-state index in [1.807, 2.05) is 6.07 Å². The number of carbonyl (C=O) groups is 1. The van der Waals surface area contributed by atoms with E-state index in [0.717, 1.165) is 5.56 Å². The van der Waals surface area contributed by atoms with Crippen LogP contribution in [0, 0.1) is 10.1 Å². The lowest BCUT2D eigenvalue weighted by Crippen LogP contribution is -2.20. The third-order valence-electron chi connectivity index (χ3n) is 2.80. The van der Waals surface area contributed by atoms with Crippen molar-refractivity contribution in [3.05, 3.63) is 75.1 Å². The second kappa shape index (κ2) is 7.33. The summed E-state index contributed by atoms with van der Waals surface area (Å²) >= 11 is 5.96. The van der Waals surface area contributed by atoms with Crippen molar-refractivity contribution in [2.75, 3.05) is 0 Å². The van der Waals surface area contributed by atoms with Crippen LogP contribution in [0.4, 0.5) is 5.69 Å². The third kappa shape index (κ3) is 4.39. The highest BCUT2D eigenvalue weighted by Crippen LogP contribution is 2.21. The Bertz CT molecular complexity index is 717. The Kier molecular flexibility index (Phi) is 5.21. The fraction of sp³-hybridized carbons (Fsp3) is 0.0667. The number of aromatic nitrogens is 1. The molecule has 1 heterocycles. The molecule has 0 aliphatic carbocycles. The predicted molar refractivity (Wildman–Crippen MR) is 83.2 cm³/mol. The van der Waals surface area contributed by atoms with E-state index < -0.39 is 4.92 Å². The van der Waals surface area contributed by atoms with Crippen LogP contribution >= 0.6 is 11.6 Å². The molecule has 22 heavy (non-hydrogen) atoms. The van der Waals surface area contributed by atoms with Gasteiger partial charge in [0.15, 0.2) is 0 Å². The number of halogens is 1. The number of hydrogen-bond donors (Lipinski definition) is 1. The maximum absolute atomic E-state index is 11.7. The van der Waals surface area contributed by atoms with Crippen LogP contribution in [0.15, 0.2) is 48.8 Å². The maximum Gasteiger partial charge on any atom is 0.269 e. The lowest BCUT2D eigenvalue weighted by atomic mass is 10.2. The molecule has 0 atom stereocenters. The monoisotopic (exact) mass is 317 g/mol. The van der Waals surface area contributed by atoms with E-state index in [1.54, 1.807) is 24.5 Å². The van der Waals surface area contributed by atoms with Crippen LogP contribution in [0.25, 0.3) is 6.08 Å². The molecular weight excluding hydrogens is 306 g/mol. The lowest BCUT2D eigenvalue weighted by molar-refractivity contribution is -0.384. The summed E-state index contributed by atoms with van der Waals surface area (Å²) in [6.45, 7) is 0.108. The fourth-order valence-electron chi connectivity index (χ4n) is 1.70. The van der Waals surface area contributed by atoms with Crippen molar-refractivity contribution in [2.45, 2.75) is 6.54 Å². The van der Waals surface area contributed by atoms with E-state index in [0.29, 0.717) is 10.6 Å². The van der Waals surface area contributed by atoms with Gasteiger partial charge in [0.25, 0.3) is 5.69 Å². The van der Waals surface area contributed by atoms with Crippen molar-refractivity contribution in [3.8, 4) is 0 Å². The highest BCUT2D eigenvalue weighted by Gasteiger charge is 2.10. The van der Waals surface area contributed by atoms with Crippen LogP contribution in [0.3, 0.4) is 0 Å². The quantitative estimate of drug-likeness (QED) is 0.522. The van der Waals surface area contributed by atoms with Gasteiger partial charge in [0.1, 0.15) is 0 Å². The molecule has 1 aromatic carbocycles. The number of nitro benzene ring substituents is 1. The van der Waals surface area contributed by atoms with Crippen LogP contribution in [0.5, 0.6) is 0 Å². The first kappa shape index (κ1) is 15.7. The summed E-state index contributed by atoms with van der Waals surface area (Å²) in [5.74, 6) is -0.327. The van der Waals surface area contributed by atoms with Crippen LogP contribution in [0.1, 0.15) is 11.1 Å². The molecular formula is C15H12ClN3O3. The Balaban J connectivity index is 1.98. The molecule has 0 aliphatic rings. The van der Waals surface area contributed by atoms with Crippen molar-refractivity contribution in [1.29, 1.82) is 0 Å². The van der Waals surface area contributed by atoms with Gasteiger partial charge in [0.05, 0.1) is 4.92 Å². The number of nitrogens with zero attached hydrogens (tertiary/aromatic N) is 2. The van der Waals surface area contributed by atoms with E-state index in [4.69, 9.17) is 11.6 Å². The number of pyridine rings is 1. The summed E-state index contributed by atoms with van der Waals surface area (Å²) in [6.07, 6.45) is 6.25. The molecule has 112 valence electrons. The maximum atomic E-state index is 11.7. The molecule has 0 saturated carbocycles. The average Bonchev–Trinajstić information content (AvgIpc) is 2.53. The van der Waals surface area contributed by atoms with Crippen molar-refractivity contribution in [1.82, 2.24) is 10.3 Å². The molecule has 1 N–H and O–H groups in total. The Morgan fingerprint density at radius 2 is 2.23 bits per heavy atom. The zero-order valence-corrected chi connectivity index (χ0v) is 12.2. The largest absolute Gasteiger partial charge is 0.348 e. The summed E-state index contributed by atoms with van der Waals surface area (Å²) in [6, 6.07) is 7.67. The number of nitrogens with one attached hydrogen (secondary N) is 1. The molecule has 7 heteroatoms.